The third-order valence-electron chi connectivity index (χ3n) is 1.54. The van der Waals surface area contributed by atoms with Crippen LogP contribution in [0.2, 0.25) is 0 Å². The highest BCUT2D eigenvalue weighted by atomic mass is 79.9. The predicted molar refractivity (Wildman–Crippen MR) is 39.3 cm³/mol. The first-order chi connectivity index (χ1) is 6.39. The zero-order chi connectivity index (χ0) is 10.8. The number of rotatable bonds is 2. The second-order valence-electron chi connectivity index (χ2n) is 2.65. The molecule has 3 nitrogen and oxygen atoms in total. The molecule has 7 heteroatoms. The topological polar surface area (TPSA) is 41.2 Å². The minimum Gasteiger partial charge on any atom is -1.00 e. The summed E-state index contributed by atoms with van der Waals surface area (Å²) in [6.07, 6.45) is -2.23. The number of carbonyl (C=O) groups is 1. The molecule has 0 bridgehead atoms. The zero-order valence-electron chi connectivity index (χ0n) is 7.33. The number of aliphatic carboxylic acids is 1. The lowest BCUT2D eigenvalue weighted by Crippen LogP contribution is -3.00. The number of carboxylic acid groups (broad SMARTS) is 1. The van der Waals surface area contributed by atoms with Crippen LogP contribution in [-0.4, -0.2) is 11.1 Å². The van der Waals surface area contributed by atoms with Crippen molar-refractivity contribution in [2.45, 2.75) is 12.7 Å². The van der Waals surface area contributed by atoms with E-state index in [2.05, 4.69) is 0 Å². The number of hydrogen-bond acceptors (Lipinski definition) is 1. The Morgan fingerprint density at radius 3 is 2.13 bits per heavy atom. The quantitative estimate of drug-likeness (QED) is 0.644. The molecule has 0 spiro atoms. The summed E-state index contributed by atoms with van der Waals surface area (Å²) in [5.41, 5.74) is -0.792. The van der Waals surface area contributed by atoms with Gasteiger partial charge >= 0.3 is 12.1 Å². The van der Waals surface area contributed by atoms with E-state index in [0.717, 1.165) is 29.1 Å². The monoisotopic (exact) mass is 285 g/mol. The number of pyridine rings is 1. The third kappa shape index (κ3) is 4.28. The van der Waals surface area contributed by atoms with Crippen molar-refractivity contribution in [3.05, 3.63) is 30.1 Å². The van der Waals surface area contributed by atoms with Crippen molar-refractivity contribution in [2.75, 3.05) is 0 Å². The molecule has 1 rings (SSSR count). The number of halogens is 4. The number of aromatic nitrogens is 1. The molecule has 1 heterocycles. The molecule has 0 aliphatic rings. The molecule has 1 aromatic rings. The summed E-state index contributed by atoms with van der Waals surface area (Å²) in [4.78, 5) is 10.2. The first kappa shape index (κ1) is 13.9. The molecule has 1 aromatic heterocycles. The second kappa shape index (κ2) is 5.11. The van der Waals surface area contributed by atoms with Crippen LogP contribution in [0.3, 0.4) is 0 Å². The minimum absolute atomic E-state index is 0. The fraction of sp³-hybridized carbons (Fsp3) is 0.250. The highest BCUT2D eigenvalue weighted by Crippen LogP contribution is 2.27. The Labute approximate surface area is 93.9 Å². The van der Waals surface area contributed by atoms with Crippen molar-refractivity contribution >= 4 is 5.97 Å². The summed E-state index contributed by atoms with van der Waals surface area (Å²) >= 11 is 0. The lowest BCUT2D eigenvalue weighted by atomic mass is 10.2. The Balaban J connectivity index is 0.00000196. The average molecular weight is 286 g/mol. The van der Waals surface area contributed by atoms with Gasteiger partial charge in [0.25, 0.3) is 0 Å². The van der Waals surface area contributed by atoms with E-state index in [1.807, 2.05) is 0 Å². The van der Waals surface area contributed by atoms with Crippen LogP contribution in [-0.2, 0) is 17.5 Å². The summed E-state index contributed by atoms with van der Waals surface area (Å²) in [7, 11) is 0. The summed E-state index contributed by atoms with van der Waals surface area (Å²) in [5, 5.41) is 8.35. The molecule has 0 saturated heterocycles. The van der Waals surface area contributed by atoms with Crippen LogP contribution < -0.4 is 21.5 Å². The summed E-state index contributed by atoms with van der Waals surface area (Å²) in [5.74, 6) is -1.10. The number of carboxylic acids is 1. The van der Waals surface area contributed by atoms with E-state index in [1.165, 1.54) is 0 Å². The zero-order valence-corrected chi connectivity index (χ0v) is 8.92. The maximum atomic E-state index is 12.1. The highest BCUT2D eigenvalue weighted by molar-refractivity contribution is 5.64. The fourth-order valence-electron chi connectivity index (χ4n) is 0.908. The Hall–Kier alpha value is -1.11. The van der Waals surface area contributed by atoms with Gasteiger partial charge in [-0.25, -0.2) is 4.79 Å². The molecule has 0 atom stereocenters. The predicted octanol–water partition coefficient (Wildman–Crippen LogP) is -1.92. The molecule has 0 unspecified atom stereocenters. The van der Waals surface area contributed by atoms with E-state index in [4.69, 9.17) is 5.11 Å². The van der Waals surface area contributed by atoms with Crippen molar-refractivity contribution in [1.29, 1.82) is 0 Å². The van der Waals surface area contributed by atoms with E-state index < -0.39 is 17.7 Å². The van der Waals surface area contributed by atoms with Gasteiger partial charge in [-0.1, -0.05) is 0 Å². The van der Waals surface area contributed by atoms with E-state index in [1.54, 1.807) is 0 Å². The van der Waals surface area contributed by atoms with Crippen molar-refractivity contribution in [1.82, 2.24) is 0 Å². The number of alkyl halides is 3. The molecule has 15 heavy (non-hydrogen) atoms. The molecule has 0 fully saturated rings. The minimum atomic E-state index is -4.39. The first-order valence-electron chi connectivity index (χ1n) is 3.67. The molecular formula is C8H7BrF3NO2. The molecule has 0 aliphatic heterocycles. The Morgan fingerprint density at radius 1 is 1.33 bits per heavy atom. The van der Waals surface area contributed by atoms with Gasteiger partial charge in [0.05, 0.1) is 5.56 Å². The molecule has 84 valence electrons. The molecule has 0 amide bonds. The fourth-order valence-corrected chi connectivity index (χ4v) is 0.908. The van der Waals surface area contributed by atoms with E-state index in [-0.39, 0.29) is 23.5 Å². The lowest BCUT2D eigenvalue weighted by Gasteiger charge is -2.03. The molecule has 0 saturated carbocycles. The average Bonchev–Trinajstić information content (AvgIpc) is 2.02. The first-order valence-corrected chi connectivity index (χ1v) is 3.67. The van der Waals surface area contributed by atoms with Gasteiger partial charge in [-0.15, -0.1) is 0 Å². The molecule has 0 aliphatic carbocycles. The molecule has 0 radical (unpaired) electrons. The highest BCUT2D eigenvalue weighted by Gasteiger charge is 2.31. The van der Waals surface area contributed by atoms with Gasteiger partial charge in [0.2, 0.25) is 6.54 Å². The van der Waals surface area contributed by atoms with Gasteiger partial charge in [-0.2, -0.15) is 17.7 Å². The van der Waals surface area contributed by atoms with Gasteiger partial charge in [-0.3, -0.25) is 0 Å². The summed E-state index contributed by atoms with van der Waals surface area (Å²) in [6, 6.07) is 1.67. The van der Waals surface area contributed by atoms with Gasteiger partial charge in [-0.05, 0) is 0 Å². The maximum absolute atomic E-state index is 12.1. The Bertz CT molecular complexity index is 337. The van der Waals surface area contributed by atoms with Crippen LogP contribution >= 0.6 is 0 Å². The van der Waals surface area contributed by atoms with Gasteiger partial charge in [0, 0.05) is 12.1 Å². The maximum Gasteiger partial charge on any atom is 0.416 e. The van der Waals surface area contributed by atoms with Crippen LogP contribution in [0.25, 0.3) is 0 Å². The summed E-state index contributed by atoms with van der Waals surface area (Å²) in [6.45, 7) is -0.349. The van der Waals surface area contributed by atoms with Crippen molar-refractivity contribution in [2.24, 2.45) is 0 Å². The number of nitrogens with zero attached hydrogens (tertiary/aromatic N) is 1. The van der Waals surface area contributed by atoms with Gasteiger partial charge in [0.1, 0.15) is 0 Å². The van der Waals surface area contributed by atoms with Crippen LogP contribution in [0.4, 0.5) is 13.2 Å². The van der Waals surface area contributed by atoms with Crippen LogP contribution in [0, 0.1) is 0 Å². The van der Waals surface area contributed by atoms with Crippen molar-refractivity contribution in [3.63, 3.8) is 0 Å². The van der Waals surface area contributed by atoms with Crippen molar-refractivity contribution < 1.29 is 44.6 Å². The second-order valence-corrected chi connectivity index (χ2v) is 2.65. The van der Waals surface area contributed by atoms with Gasteiger partial charge < -0.3 is 22.1 Å². The Kier molecular flexibility index (Phi) is 4.73. The third-order valence-corrected chi connectivity index (χ3v) is 1.54. The Morgan fingerprint density at radius 2 is 1.80 bits per heavy atom. The van der Waals surface area contributed by atoms with Crippen LogP contribution in [0.15, 0.2) is 24.5 Å². The van der Waals surface area contributed by atoms with Crippen LogP contribution in [0.5, 0.6) is 0 Å². The largest absolute Gasteiger partial charge is 1.00 e. The molecular weight excluding hydrogens is 279 g/mol. The van der Waals surface area contributed by atoms with Gasteiger partial charge in [0.15, 0.2) is 12.4 Å². The van der Waals surface area contributed by atoms with Crippen molar-refractivity contribution in [3.8, 4) is 0 Å². The van der Waals surface area contributed by atoms with E-state index >= 15 is 0 Å². The standard InChI is InChI=1S/C8H6F3NO2.BrH/c9-8(10,11)6-1-3-12(4-2-6)5-7(13)14;/h1-4H,5H2;1H. The normalized spacial score (nSPS) is 10.6. The number of hydrogen-bond donors (Lipinski definition) is 1. The molecule has 0 aromatic carbocycles. The van der Waals surface area contributed by atoms with E-state index in [9.17, 15) is 18.0 Å². The molecule has 1 N–H and O–H groups in total. The smallest absolute Gasteiger partial charge is 0.416 e. The lowest BCUT2D eigenvalue weighted by molar-refractivity contribution is -0.686. The summed E-state index contributed by atoms with van der Waals surface area (Å²) < 4.78 is 37.3. The van der Waals surface area contributed by atoms with Crippen LogP contribution in [0.1, 0.15) is 5.56 Å². The SMILES string of the molecule is O=C(O)C[n+]1ccc(C(F)(F)F)cc1.[Br-]. The van der Waals surface area contributed by atoms with E-state index in [0.29, 0.717) is 0 Å².